The highest BCUT2D eigenvalue weighted by atomic mass is 32.2. The van der Waals surface area contributed by atoms with E-state index in [0.29, 0.717) is 18.7 Å². The van der Waals surface area contributed by atoms with Crippen molar-refractivity contribution in [2.75, 3.05) is 27.2 Å². The van der Waals surface area contributed by atoms with Crippen molar-refractivity contribution < 1.29 is 13.2 Å². The molecule has 1 aromatic rings. The van der Waals surface area contributed by atoms with Gasteiger partial charge in [-0.15, -0.1) is 0 Å². The van der Waals surface area contributed by atoms with Crippen molar-refractivity contribution >= 4 is 15.9 Å². The van der Waals surface area contributed by atoms with Crippen LogP contribution in [-0.2, 0) is 10.0 Å². The Morgan fingerprint density at radius 3 is 2.44 bits per heavy atom. The quantitative estimate of drug-likeness (QED) is 0.771. The summed E-state index contributed by atoms with van der Waals surface area (Å²) in [6.07, 6.45) is 4.47. The number of hydrogen-bond acceptors (Lipinski definition) is 4. The van der Waals surface area contributed by atoms with Gasteiger partial charge in [-0.05, 0) is 51.6 Å². The van der Waals surface area contributed by atoms with Gasteiger partial charge >= 0.3 is 0 Å². The van der Waals surface area contributed by atoms with E-state index >= 15 is 0 Å². The molecule has 0 bridgehead atoms. The van der Waals surface area contributed by atoms with Crippen LogP contribution in [0.3, 0.4) is 0 Å². The molecular weight excluding hydrogens is 338 g/mol. The first-order chi connectivity index (χ1) is 11.7. The summed E-state index contributed by atoms with van der Waals surface area (Å²) in [6.45, 7) is 4.42. The SMILES string of the molecule is CCNS(=O)(=O)c1ccc(C)c(C(=O)NCC2(N(C)C)CCCC2)c1. The van der Waals surface area contributed by atoms with Gasteiger partial charge in [-0.25, -0.2) is 13.1 Å². The number of benzene rings is 1. The van der Waals surface area contributed by atoms with Crippen molar-refractivity contribution in [1.29, 1.82) is 0 Å². The van der Waals surface area contributed by atoms with Crippen molar-refractivity contribution in [3.05, 3.63) is 29.3 Å². The molecule has 1 aromatic carbocycles. The molecule has 0 heterocycles. The number of nitrogens with one attached hydrogen (secondary N) is 2. The molecule has 1 saturated carbocycles. The van der Waals surface area contributed by atoms with E-state index < -0.39 is 10.0 Å². The van der Waals surface area contributed by atoms with Gasteiger partial charge in [-0.1, -0.05) is 25.8 Å². The monoisotopic (exact) mass is 367 g/mol. The Labute approximate surface area is 151 Å². The highest BCUT2D eigenvalue weighted by Gasteiger charge is 2.36. The van der Waals surface area contributed by atoms with Crippen LogP contribution in [0.15, 0.2) is 23.1 Å². The molecule has 7 heteroatoms. The normalized spacial score (nSPS) is 17.0. The maximum absolute atomic E-state index is 12.7. The summed E-state index contributed by atoms with van der Waals surface area (Å²) in [4.78, 5) is 15.0. The third-order valence-corrected chi connectivity index (χ3v) is 6.70. The number of likely N-dealkylation sites (N-methyl/N-ethyl adjacent to an activating group) is 1. The average molecular weight is 368 g/mol. The molecule has 0 atom stereocenters. The van der Waals surface area contributed by atoms with Crippen molar-refractivity contribution in [3.8, 4) is 0 Å². The summed E-state index contributed by atoms with van der Waals surface area (Å²) in [5.74, 6) is -0.223. The molecule has 2 rings (SSSR count). The molecule has 1 aliphatic rings. The van der Waals surface area contributed by atoms with Gasteiger partial charge in [0.15, 0.2) is 0 Å². The van der Waals surface area contributed by atoms with Gasteiger partial charge in [-0.2, -0.15) is 0 Å². The van der Waals surface area contributed by atoms with Gasteiger partial charge in [0.1, 0.15) is 0 Å². The highest BCUT2D eigenvalue weighted by molar-refractivity contribution is 7.89. The largest absolute Gasteiger partial charge is 0.350 e. The lowest BCUT2D eigenvalue weighted by Gasteiger charge is -2.36. The van der Waals surface area contributed by atoms with Crippen LogP contribution in [-0.4, -0.2) is 51.9 Å². The molecule has 0 spiro atoms. The van der Waals surface area contributed by atoms with Gasteiger partial charge in [0.05, 0.1) is 4.90 Å². The fourth-order valence-corrected chi connectivity index (χ4v) is 4.51. The lowest BCUT2D eigenvalue weighted by atomic mass is 9.95. The number of sulfonamides is 1. The first-order valence-electron chi connectivity index (χ1n) is 8.78. The molecule has 0 saturated heterocycles. The Balaban J connectivity index is 2.19. The smallest absolute Gasteiger partial charge is 0.251 e. The molecule has 6 nitrogen and oxygen atoms in total. The molecule has 2 N–H and O–H groups in total. The Hall–Kier alpha value is -1.44. The van der Waals surface area contributed by atoms with Gasteiger partial charge in [0.25, 0.3) is 5.91 Å². The van der Waals surface area contributed by atoms with E-state index in [1.807, 2.05) is 21.0 Å². The van der Waals surface area contributed by atoms with E-state index in [-0.39, 0.29) is 16.3 Å². The maximum Gasteiger partial charge on any atom is 0.251 e. The zero-order valence-corrected chi connectivity index (χ0v) is 16.4. The Bertz CT molecular complexity index is 723. The Morgan fingerprint density at radius 2 is 1.88 bits per heavy atom. The third-order valence-electron chi connectivity index (χ3n) is 5.16. The van der Waals surface area contributed by atoms with E-state index in [1.165, 1.54) is 25.0 Å². The van der Waals surface area contributed by atoms with Crippen molar-refractivity contribution in [2.45, 2.75) is 50.0 Å². The lowest BCUT2D eigenvalue weighted by Crippen LogP contribution is -2.50. The summed E-state index contributed by atoms with van der Waals surface area (Å²) in [6, 6.07) is 4.67. The number of aryl methyl sites for hydroxylation is 1. The van der Waals surface area contributed by atoms with Crippen LogP contribution in [0, 0.1) is 6.92 Å². The van der Waals surface area contributed by atoms with Gasteiger partial charge in [0, 0.05) is 24.2 Å². The van der Waals surface area contributed by atoms with Crippen molar-refractivity contribution in [1.82, 2.24) is 14.9 Å². The predicted molar refractivity (Wildman–Crippen MR) is 99.3 cm³/mol. The van der Waals surface area contributed by atoms with Crippen LogP contribution in [0.5, 0.6) is 0 Å². The van der Waals surface area contributed by atoms with Crippen LogP contribution < -0.4 is 10.0 Å². The molecule has 25 heavy (non-hydrogen) atoms. The van der Waals surface area contributed by atoms with Gasteiger partial charge in [-0.3, -0.25) is 4.79 Å². The fourth-order valence-electron chi connectivity index (χ4n) is 3.44. The molecule has 0 aromatic heterocycles. The zero-order chi connectivity index (χ0) is 18.7. The van der Waals surface area contributed by atoms with Crippen LogP contribution in [0.25, 0.3) is 0 Å². The first-order valence-corrected chi connectivity index (χ1v) is 10.3. The summed E-state index contributed by atoms with van der Waals surface area (Å²) in [7, 11) is 0.518. The van der Waals surface area contributed by atoms with Gasteiger partial charge < -0.3 is 10.2 Å². The summed E-state index contributed by atoms with van der Waals surface area (Å²) >= 11 is 0. The first kappa shape index (κ1) is 19.9. The fraction of sp³-hybridized carbons (Fsp3) is 0.611. The van der Waals surface area contributed by atoms with Crippen LogP contribution in [0.1, 0.15) is 48.5 Å². The molecule has 1 fully saturated rings. The standard InChI is InChI=1S/C18H29N3O3S/c1-5-20-25(23,24)15-9-8-14(2)16(12-15)17(22)19-13-18(21(3)4)10-6-7-11-18/h8-9,12,20H,5-7,10-11,13H2,1-4H3,(H,19,22). The number of hydrogen-bond donors (Lipinski definition) is 2. The summed E-state index contributed by atoms with van der Waals surface area (Å²) in [5, 5.41) is 3.02. The topological polar surface area (TPSA) is 78.5 Å². The van der Waals surface area contributed by atoms with Gasteiger partial charge in [0.2, 0.25) is 10.0 Å². The van der Waals surface area contributed by atoms with Crippen LogP contribution in [0.4, 0.5) is 0 Å². The lowest BCUT2D eigenvalue weighted by molar-refractivity contribution is 0.0899. The molecule has 1 amide bonds. The van der Waals surface area contributed by atoms with E-state index in [9.17, 15) is 13.2 Å². The van der Waals surface area contributed by atoms with E-state index in [0.717, 1.165) is 18.4 Å². The molecule has 0 aliphatic heterocycles. The molecule has 0 unspecified atom stereocenters. The van der Waals surface area contributed by atoms with Crippen LogP contribution >= 0.6 is 0 Å². The number of amides is 1. The number of nitrogens with zero attached hydrogens (tertiary/aromatic N) is 1. The van der Waals surface area contributed by atoms with E-state index in [2.05, 4.69) is 14.9 Å². The second-order valence-corrected chi connectivity index (χ2v) is 8.75. The minimum atomic E-state index is -3.58. The Morgan fingerprint density at radius 1 is 1.24 bits per heavy atom. The second-order valence-electron chi connectivity index (χ2n) is 6.99. The minimum absolute atomic E-state index is 0.00296. The minimum Gasteiger partial charge on any atom is -0.350 e. The second kappa shape index (κ2) is 7.85. The molecule has 1 aliphatic carbocycles. The summed E-state index contributed by atoms with van der Waals surface area (Å²) in [5.41, 5.74) is 1.17. The maximum atomic E-state index is 12.7. The third kappa shape index (κ3) is 4.40. The molecule has 140 valence electrons. The molecular formula is C18H29N3O3S. The van der Waals surface area contributed by atoms with E-state index in [4.69, 9.17) is 0 Å². The average Bonchev–Trinajstić information content (AvgIpc) is 3.03. The highest BCUT2D eigenvalue weighted by Crippen LogP contribution is 2.33. The Kier molecular flexibility index (Phi) is 6.24. The number of rotatable bonds is 7. The zero-order valence-electron chi connectivity index (χ0n) is 15.6. The van der Waals surface area contributed by atoms with Crippen LogP contribution in [0.2, 0.25) is 0 Å². The molecule has 0 radical (unpaired) electrons. The van der Waals surface area contributed by atoms with E-state index in [1.54, 1.807) is 13.0 Å². The number of carbonyl (C=O) groups is 1. The van der Waals surface area contributed by atoms with Crippen molar-refractivity contribution in [2.24, 2.45) is 0 Å². The predicted octanol–water partition coefficient (Wildman–Crippen LogP) is 1.90. The van der Waals surface area contributed by atoms with Crippen molar-refractivity contribution in [3.63, 3.8) is 0 Å². The summed E-state index contributed by atoms with van der Waals surface area (Å²) < 4.78 is 26.8. The number of carbonyl (C=O) groups excluding carboxylic acids is 1.